The molecular weight excluding hydrogens is 392 g/mol. The van der Waals surface area contributed by atoms with Gasteiger partial charge in [0.15, 0.2) is 5.82 Å². The molecule has 31 heavy (non-hydrogen) atoms. The molecule has 0 amide bonds. The highest BCUT2D eigenvalue weighted by Crippen LogP contribution is 2.39. The first kappa shape index (κ1) is 20.2. The number of anilines is 2. The van der Waals surface area contributed by atoms with E-state index in [4.69, 9.17) is 9.84 Å². The van der Waals surface area contributed by atoms with E-state index in [0.717, 1.165) is 42.9 Å². The smallest absolute Gasteiger partial charge is 0.159 e. The highest BCUT2D eigenvalue weighted by molar-refractivity contribution is 5.74. The van der Waals surface area contributed by atoms with Crippen LogP contribution >= 0.6 is 0 Å². The standard InChI is InChI=1S/C23H30N6O2/c1-4-31-19-10-17-9-16(18-11-24-27(3)12-18)5-6-22(17)29(13-19)23-20-14-28(15(2)30)8-7-21(20)25-26-23/h5-6,9,11-12,15,19,30H,4,7-8,10,13-14H2,1-3H3,(H,25,26). The maximum atomic E-state index is 10.1. The number of aromatic nitrogens is 4. The number of benzene rings is 1. The van der Waals surface area contributed by atoms with Gasteiger partial charge in [0.25, 0.3) is 0 Å². The number of aliphatic hydroxyl groups excluding tert-OH is 1. The molecule has 2 atom stereocenters. The van der Waals surface area contributed by atoms with E-state index < -0.39 is 6.23 Å². The van der Waals surface area contributed by atoms with Crippen LogP contribution in [0.1, 0.15) is 30.7 Å². The summed E-state index contributed by atoms with van der Waals surface area (Å²) < 4.78 is 7.90. The summed E-state index contributed by atoms with van der Waals surface area (Å²) in [5.74, 6) is 0.945. The molecule has 0 radical (unpaired) electrons. The van der Waals surface area contributed by atoms with Crippen LogP contribution in [-0.2, 0) is 31.2 Å². The van der Waals surface area contributed by atoms with E-state index in [9.17, 15) is 5.11 Å². The predicted octanol–water partition coefficient (Wildman–Crippen LogP) is 2.61. The average molecular weight is 423 g/mol. The molecule has 0 saturated carbocycles. The molecule has 8 heteroatoms. The van der Waals surface area contributed by atoms with Crippen LogP contribution in [0.2, 0.25) is 0 Å². The Kier molecular flexibility index (Phi) is 5.29. The van der Waals surface area contributed by atoms with Gasteiger partial charge in [-0.3, -0.25) is 14.7 Å². The zero-order chi connectivity index (χ0) is 21.5. The van der Waals surface area contributed by atoms with Crippen LogP contribution in [0.4, 0.5) is 11.5 Å². The molecule has 0 spiro atoms. The van der Waals surface area contributed by atoms with Crippen LogP contribution in [0, 0.1) is 0 Å². The number of hydrogen-bond acceptors (Lipinski definition) is 6. The van der Waals surface area contributed by atoms with E-state index in [0.29, 0.717) is 13.2 Å². The van der Waals surface area contributed by atoms with Crippen LogP contribution in [0.15, 0.2) is 30.6 Å². The molecule has 2 aromatic heterocycles. The minimum absolute atomic E-state index is 0.102. The van der Waals surface area contributed by atoms with Crippen molar-refractivity contribution in [3.8, 4) is 11.1 Å². The van der Waals surface area contributed by atoms with Gasteiger partial charge in [-0.25, -0.2) is 0 Å². The van der Waals surface area contributed by atoms with Gasteiger partial charge >= 0.3 is 0 Å². The third-order valence-electron chi connectivity index (χ3n) is 6.37. The monoisotopic (exact) mass is 422 g/mol. The van der Waals surface area contributed by atoms with Gasteiger partial charge in [0, 0.05) is 68.3 Å². The molecule has 2 aliphatic rings. The van der Waals surface area contributed by atoms with Crippen LogP contribution in [0.3, 0.4) is 0 Å². The van der Waals surface area contributed by atoms with Crippen molar-refractivity contribution in [3.05, 3.63) is 47.4 Å². The fourth-order valence-corrected chi connectivity index (χ4v) is 4.76. The minimum Gasteiger partial charge on any atom is -0.379 e. The number of fused-ring (bicyclic) bond motifs is 2. The summed E-state index contributed by atoms with van der Waals surface area (Å²) in [6, 6.07) is 6.60. The van der Waals surface area contributed by atoms with Crippen molar-refractivity contribution < 1.29 is 9.84 Å². The van der Waals surface area contributed by atoms with Gasteiger partial charge in [-0.05, 0) is 37.1 Å². The summed E-state index contributed by atoms with van der Waals surface area (Å²) in [4.78, 5) is 4.37. The number of hydrogen-bond donors (Lipinski definition) is 2. The average Bonchev–Trinajstić information content (AvgIpc) is 3.38. The Balaban J connectivity index is 1.54. The van der Waals surface area contributed by atoms with Crippen molar-refractivity contribution in [2.45, 2.75) is 45.6 Å². The Bertz CT molecular complexity index is 1070. The zero-order valence-corrected chi connectivity index (χ0v) is 18.4. The molecular formula is C23H30N6O2. The summed E-state index contributed by atoms with van der Waals surface area (Å²) in [5.41, 5.74) is 7.04. The summed E-state index contributed by atoms with van der Waals surface area (Å²) >= 11 is 0. The van der Waals surface area contributed by atoms with Gasteiger partial charge in [-0.1, -0.05) is 6.07 Å². The van der Waals surface area contributed by atoms with Gasteiger partial charge in [0.1, 0.15) is 6.23 Å². The molecule has 3 aromatic rings. The molecule has 2 aliphatic heterocycles. The Hall–Kier alpha value is -2.68. The number of aryl methyl sites for hydroxylation is 1. The second-order valence-corrected chi connectivity index (χ2v) is 8.49. The Morgan fingerprint density at radius 1 is 1.32 bits per heavy atom. The highest BCUT2D eigenvalue weighted by Gasteiger charge is 2.32. The van der Waals surface area contributed by atoms with Crippen molar-refractivity contribution in [1.82, 2.24) is 24.9 Å². The van der Waals surface area contributed by atoms with E-state index in [2.05, 4.69) is 38.2 Å². The van der Waals surface area contributed by atoms with Gasteiger partial charge in [-0.15, -0.1) is 0 Å². The van der Waals surface area contributed by atoms with Crippen molar-refractivity contribution in [2.24, 2.45) is 7.05 Å². The lowest BCUT2D eigenvalue weighted by atomic mass is 9.95. The SMILES string of the molecule is CCOC1Cc2cc(-c3cnn(C)c3)ccc2N(c2n[nH]c3c2CN(C(C)O)CC3)C1. The summed E-state index contributed by atoms with van der Waals surface area (Å²) in [7, 11) is 1.94. The first-order chi connectivity index (χ1) is 15.0. The Morgan fingerprint density at radius 3 is 2.94 bits per heavy atom. The van der Waals surface area contributed by atoms with Crippen molar-refractivity contribution in [3.63, 3.8) is 0 Å². The number of ether oxygens (including phenoxy) is 1. The molecule has 164 valence electrons. The predicted molar refractivity (Wildman–Crippen MR) is 119 cm³/mol. The van der Waals surface area contributed by atoms with Crippen molar-refractivity contribution >= 4 is 11.5 Å². The van der Waals surface area contributed by atoms with E-state index in [1.54, 1.807) is 0 Å². The van der Waals surface area contributed by atoms with Crippen LogP contribution in [-0.4, -0.2) is 62.0 Å². The first-order valence-electron chi connectivity index (χ1n) is 11.0. The minimum atomic E-state index is -0.470. The Labute approximate surface area is 182 Å². The van der Waals surface area contributed by atoms with E-state index in [-0.39, 0.29) is 6.10 Å². The lowest BCUT2D eigenvalue weighted by molar-refractivity contribution is 0.00908. The fourth-order valence-electron chi connectivity index (χ4n) is 4.76. The topological polar surface area (TPSA) is 82.4 Å². The van der Waals surface area contributed by atoms with E-state index in [1.807, 2.05) is 38.0 Å². The third-order valence-corrected chi connectivity index (χ3v) is 6.37. The van der Waals surface area contributed by atoms with E-state index >= 15 is 0 Å². The van der Waals surface area contributed by atoms with Crippen LogP contribution < -0.4 is 4.90 Å². The molecule has 8 nitrogen and oxygen atoms in total. The molecule has 1 aromatic carbocycles. The fraction of sp³-hybridized carbons (Fsp3) is 0.478. The highest BCUT2D eigenvalue weighted by atomic mass is 16.5. The number of H-pyrrole nitrogens is 1. The molecule has 2 unspecified atom stereocenters. The second-order valence-electron chi connectivity index (χ2n) is 8.49. The van der Waals surface area contributed by atoms with Crippen LogP contribution in [0.25, 0.3) is 11.1 Å². The second kappa shape index (κ2) is 8.11. The third kappa shape index (κ3) is 3.75. The molecule has 0 bridgehead atoms. The molecule has 2 N–H and O–H groups in total. The van der Waals surface area contributed by atoms with Gasteiger partial charge < -0.3 is 14.7 Å². The quantitative estimate of drug-likeness (QED) is 0.658. The number of nitrogens with one attached hydrogen (secondary N) is 1. The lowest BCUT2D eigenvalue weighted by Gasteiger charge is -2.36. The van der Waals surface area contributed by atoms with Crippen LogP contribution in [0.5, 0.6) is 0 Å². The lowest BCUT2D eigenvalue weighted by Crippen LogP contribution is -2.40. The molecule has 0 saturated heterocycles. The molecule has 4 heterocycles. The number of rotatable bonds is 5. The van der Waals surface area contributed by atoms with Crippen molar-refractivity contribution in [1.29, 1.82) is 0 Å². The zero-order valence-electron chi connectivity index (χ0n) is 18.4. The number of nitrogens with zero attached hydrogens (tertiary/aromatic N) is 5. The molecule has 5 rings (SSSR count). The maximum Gasteiger partial charge on any atom is 0.159 e. The largest absolute Gasteiger partial charge is 0.379 e. The summed E-state index contributed by atoms with van der Waals surface area (Å²) in [6.07, 6.45) is 5.31. The number of aromatic amines is 1. The van der Waals surface area contributed by atoms with Gasteiger partial charge in [0.2, 0.25) is 0 Å². The molecule has 0 aliphatic carbocycles. The van der Waals surface area contributed by atoms with Gasteiger partial charge in [0.05, 0.1) is 18.8 Å². The molecule has 0 fully saturated rings. The Morgan fingerprint density at radius 2 is 2.19 bits per heavy atom. The summed E-state index contributed by atoms with van der Waals surface area (Å²) in [5, 5.41) is 22.4. The normalized spacial score (nSPS) is 19.9. The summed E-state index contributed by atoms with van der Waals surface area (Å²) in [6.45, 7) is 6.84. The maximum absolute atomic E-state index is 10.1. The van der Waals surface area contributed by atoms with Gasteiger partial charge in [-0.2, -0.15) is 10.2 Å². The first-order valence-corrected chi connectivity index (χ1v) is 11.0. The number of aliphatic hydroxyl groups is 1. The van der Waals surface area contributed by atoms with E-state index in [1.165, 1.54) is 22.5 Å². The van der Waals surface area contributed by atoms with Crippen molar-refractivity contribution in [2.75, 3.05) is 24.6 Å².